The number of halogens is 2. The summed E-state index contributed by atoms with van der Waals surface area (Å²) in [7, 11) is 0. The molecule has 0 aliphatic heterocycles. The second-order valence-corrected chi connectivity index (χ2v) is 4.07. The highest BCUT2D eigenvalue weighted by Gasteiger charge is 2.16. The number of rotatable bonds is 3. The van der Waals surface area contributed by atoms with Gasteiger partial charge in [-0.2, -0.15) is 5.10 Å². The molecule has 4 nitrogen and oxygen atoms in total. The number of benzene rings is 1. The van der Waals surface area contributed by atoms with Gasteiger partial charge in [0.2, 0.25) is 0 Å². The topological polar surface area (TPSA) is 50.9 Å². The quantitative estimate of drug-likeness (QED) is 0.909. The van der Waals surface area contributed by atoms with Gasteiger partial charge < -0.3 is 5.11 Å². The highest BCUT2D eigenvalue weighted by atomic mass is 19.1. The van der Waals surface area contributed by atoms with Crippen molar-refractivity contribution >= 4 is 0 Å². The summed E-state index contributed by atoms with van der Waals surface area (Å²) in [6.07, 6.45) is -1.17. The van der Waals surface area contributed by atoms with E-state index in [1.54, 1.807) is 13.8 Å². The largest absolute Gasteiger partial charge is 0.386 e. The molecular weight excluding hydrogens is 240 g/mol. The molecular formula is C12H13F2N3O. The lowest BCUT2D eigenvalue weighted by Gasteiger charge is -2.12. The molecule has 1 atom stereocenters. The summed E-state index contributed by atoms with van der Waals surface area (Å²) in [6.45, 7) is 3.49. The fraction of sp³-hybridized carbons (Fsp3) is 0.333. The molecule has 2 aromatic rings. The number of aryl methyl sites for hydroxylation is 2. The Labute approximate surface area is 103 Å². The van der Waals surface area contributed by atoms with Gasteiger partial charge in [-0.3, -0.25) is 0 Å². The maximum Gasteiger partial charge on any atom is 0.147 e. The number of aliphatic hydroxyl groups is 1. The fourth-order valence-electron chi connectivity index (χ4n) is 1.77. The number of aliphatic hydroxyl groups excluding tert-OH is 1. The second-order valence-electron chi connectivity index (χ2n) is 4.07. The van der Waals surface area contributed by atoms with Crippen molar-refractivity contribution in [1.29, 1.82) is 0 Å². The molecule has 0 amide bonds. The van der Waals surface area contributed by atoms with Gasteiger partial charge in [0.05, 0.1) is 6.54 Å². The third-order valence-corrected chi connectivity index (χ3v) is 2.63. The minimum absolute atomic E-state index is 0.0348. The van der Waals surface area contributed by atoms with Crippen molar-refractivity contribution < 1.29 is 13.9 Å². The van der Waals surface area contributed by atoms with Gasteiger partial charge in [-0.05, 0) is 32.0 Å². The molecule has 6 heteroatoms. The van der Waals surface area contributed by atoms with Crippen molar-refractivity contribution in [3.05, 3.63) is 47.0 Å². The first-order valence-corrected chi connectivity index (χ1v) is 5.48. The van der Waals surface area contributed by atoms with E-state index in [1.165, 1.54) is 4.68 Å². The van der Waals surface area contributed by atoms with Crippen molar-refractivity contribution in [1.82, 2.24) is 14.8 Å². The summed E-state index contributed by atoms with van der Waals surface area (Å²) in [5, 5.41) is 14.0. The molecule has 0 aliphatic carbocycles. The third kappa shape index (κ3) is 2.53. The third-order valence-electron chi connectivity index (χ3n) is 2.63. The predicted molar refractivity (Wildman–Crippen MR) is 60.8 cm³/mol. The zero-order valence-electron chi connectivity index (χ0n) is 10.1. The normalized spacial score (nSPS) is 12.7. The van der Waals surface area contributed by atoms with Gasteiger partial charge in [0.25, 0.3) is 0 Å². The molecule has 1 aromatic heterocycles. The first-order valence-electron chi connectivity index (χ1n) is 5.48. The van der Waals surface area contributed by atoms with Crippen LogP contribution in [0.3, 0.4) is 0 Å². The maximum atomic E-state index is 13.5. The minimum Gasteiger partial charge on any atom is -0.386 e. The first kappa shape index (κ1) is 12.6. The highest BCUT2D eigenvalue weighted by Crippen LogP contribution is 2.20. The van der Waals surface area contributed by atoms with Crippen LogP contribution >= 0.6 is 0 Å². The lowest BCUT2D eigenvalue weighted by molar-refractivity contribution is 0.145. The average Bonchev–Trinajstić information content (AvgIpc) is 2.61. The van der Waals surface area contributed by atoms with E-state index < -0.39 is 17.7 Å². The summed E-state index contributed by atoms with van der Waals surface area (Å²) in [5.74, 6) is -0.0434. The predicted octanol–water partition coefficient (Wildman–Crippen LogP) is 1.91. The summed E-state index contributed by atoms with van der Waals surface area (Å²) >= 11 is 0. The summed E-state index contributed by atoms with van der Waals surface area (Å²) in [4.78, 5) is 4.07. The van der Waals surface area contributed by atoms with Gasteiger partial charge >= 0.3 is 0 Å². The Kier molecular flexibility index (Phi) is 3.38. The van der Waals surface area contributed by atoms with E-state index in [0.717, 1.165) is 18.2 Å². The average molecular weight is 253 g/mol. The van der Waals surface area contributed by atoms with Gasteiger partial charge in [-0.1, -0.05) is 0 Å². The van der Waals surface area contributed by atoms with Crippen LogP contribution in [-0.4, -0.2) is 19.9 Å². The Morgan fingerprint density at radius 1 is 1.33 bits per heavy atom. The van der Waals surface area contributed by atoms with E-state index in [-0.39, 0.29) is 12.1 Å². The zero-order chi connectivity index (χ0) is 13.3. The van der Waals surface area contributed by atoms with Crippen molar-refractivity contribution in [2.75, 3.05) is 0 Å². The van der Waals surface area contributed by atoms with Crippen LogP contribution in [0, 0.1) is 25.5 Å². The van der Waals surface area contributed by atoms with Crippen LogP contribution < -0.4 is 0 Å². The Balaban J connectivity index is 2.24. The molecule has 1 aromatic carbocycles. The molecule has 0 aliphatic rings. The van der Waals surface area contributed by atoms with Gasteiger partial charge in [0, 0.05) is 5.56 Å². The fourth-order valence-corrected chi connectivity index (χ4v) is 1.77. The standard InChI is InChI=1S/C12H13F2N3O/c1-7-15-8(2)17(16-7)6-12(18)10-5-9(13)3-4-11(10)14/h3-5,12,18H,6H2,1-2H3/t12-/m0/s1. The van der Waals surface area contributed by atoms with E-state index in [4.69, 9.17) is 0 Å². The van der Waals surface area contributed by atoms with E-state index in [9.17, 15) is 13.9 Å². The molecule has 1 N–H and O–H groups in total. The summed E-state index contributed by atoms with van der Waals surface area (Å²) in [6, 6.07) is 2.99. The molecule has 0 fully saturated rings. The lowest BCUT2D eigenvalue weighted by Crippen LogP contribution is -2.13. The van der Waals surface area contributed by atoms with E-state index >= 15 is 0 Å². The SMILES string of the molecule is Cc1nc(C)n(C[C@H](O)c2cc(F)ccc2F)n1. The Morgan fingerprint density at radius 2 is 2.06 bits per heavy atom. The van der Waals surface area contributed by atoms with E-state index in [2.05, 4.69) is 10.1 Å². The van der Waals surface area contributed by atoms with Crippen molar-refractivity contribution in [3.8, 4) is 0 Å². The summed E-state index contributed by atoms with van der Waals surface area (Å²) in [5.41, 5.74) is -0.0810. The Bertz CT molecular complexity index is 568. The summed E-state index contributed by atoms with van der Waals surface area (Å²) < 4.78 is 27.9. The van der Waals surface area contributed by atoms with Gasteiger partial charge in [-0.25, -0.2) is 18.4 Å². The molecule has 0 radical (unpaired) electrons. The number of aromatic nitrogens is 3. The van der Waals surface area contributed by atoms with Crippen LogP contribution in [0.4, 0.5) is 8.78 Å². The van der Waals surface area contributed by atoms with Gasteiger partial charge in [-0.15, -0.1) is 0 Å². The van der Waals surface area contributed by atoms with Crippen molar-refractivity contribution in [2.24, 2.45) is 0 Å². The van der Waals surface area contributed by atoms with Crippen molar-refractivity contribution in [2.45, 2.75) is 26.5 Å². The molecule has 2 rings (SSSR count). The second kappa shape index (κ2) is 4.81. The van der Waals surface area contributed by atoms with Crippen LogP contribution in [-0.2, 0) is 6.54 Å². The lowest BCUT2D eigenvalue weighted by atomic mass is 10.1. The Morgan fingerprint density at radius 3 is 2.67 bits per heavy atom. The molecule has 0 bridgehead atoms. The number of nitrogens with zero attached hydrogens (tertiary/aromatic N) is 3. The van der Waals surface area contributed by atoms with Crippen LogP contribution in [0.5, 0.6) is 0 Å². The van der Waals surface area contributed by atoms with Crippen LogP contribution in [0.25, 0.3) is 0 Å². The first-order chi connectivity index (χ1) is 8.47. The molecule has 1 heterocycles. The monoisotopic (exact) mass is 253 g/mol. The molecule has 0 spiro atoms. The van der Waals surface area contributed by atoms with E-state index in [1.807, 2.05) is 0 Å². The smallest absolute Gasteiger partial charge is 0.147 e. The van der Waals surface area contributed by atoms with Crippen LogP contribution in [0.15, 0.2) is 18.2 Å². The number of hydrogen-bond acceptors (Lipinski definition) is 3. The molecule has 0 saturated heterocycles. The molecule has 18 heavy (non-hydrogen) atoms. The van der Waals surface area contributed by atoms with Crippen LogP contribution in [0.2, 0.25) is 0 Å². The molecule has 0 saturated carbocycles. The Hall–Kier alpha value is -1.82. The van der Waals surface area contributed by atoms with E-state index in [0.29, 0.717) is 11.6 Å². The molecule has 96 valence electrons. The maximum absolute atomic E-state index is 13.5. The highest BCUT2D eigenvalue weighted by molar-refractivity contribution is 5.21. The zero-order valence-corrected chi connectivity index (χ0v) is 10.1. The number of hydrogen-bond donors (Lipinski definition) is 1. The van der Waals surface area contributed by atoms with Crippen molar-refractivity contribution in [3.63, 3.8) is 0 Å². The van der Waals surface area contributed by atoms with Gasteiger partial charge in [0.15, 0.2) is 0 Å². The van der Waals surface area contributed by atoms with Crippen LogP contribution in [0.1, 0.15) is 23.3 Å². The minimum atomic E-state index is -1.17. The molecule has 0 unspecified atom stereocenters. The van der Waals surface area contributed by atoms with Gasteiger partial charge in [0.1, 0.15) is 29.4 Å².